The van der Waals surface area contributed by atoms with E-state index < -0.39 is 5.97 Å². The Hall–Kier alpha value is -2.48. The molecule has 0 fully saturated rings. The van der Waals surface area contributed by atoms with Crippen LogP contribution in [0, 0.1) is 0 Å². The van der Waals surface area contributed by atoms with Gasteiger partial charge in [0, 0.05) is 6.61 Å². The van der Waals surface area contributed by atoms with Crippen molar-refractivity contribution in [3.8, 4) is 11.6 Å². The monoisotopic (exact) mass is 334 g/mol. The van der Waals surface area contributed by atoms with Crippen molar-refractivity contribution < 1.29 is 19.4 Å². The predicted molar refractivity (Wildman–Crippen MR) is 86.2 cm³/mol. The molecule has 0 spiro atoms. The highest BCUT2D eigenvalue weighted by Gasteiger charge is 2.00. The van der Waals surface area contributed by atoms with Gasteiger partial charge in [-0.1, -0.05) is 19.3 Å². The van der Waals surface area contributed by atoms with Crippen LogP contribution in [0.5, 0.6) is 5.75 Å². The minimum atomic E-state index is -0.920. The molecule has 0 amide bonds. The Balaban J connectivity index is 1.50. The molecule has 8 nitrogen and oxygen atoms in total. The number of nitrogens with zero attached hydrogens (tertiary/aromatic N) is 4. The Labute approximate surface area is 140 Å². The lowest BCUT2D eigenvalue weighted by Gasteiger charge is -2.06. The van der Waals surface area contributed by atoms with E-state index in [1.165, 1.54) is 6.33 Å². The molecule has 2 heterocycles. The normalized spacial score (nSPS) is 10.7. The van der Waals surface area contributed by atoms with Crippen molar-refractivity contribution >= 4 is 5.97 Å². The summed E-state index contributed by atoms with van der Waals surface area (Å²) in [6.07, 6.45) is 9.79. The number of carbonyl (C=O) groups is 1. The third kappa shape index (κ3) is 6.74. The van der Waals surface area contributed by atoms with Gasteiger partial charge >= 0.3 is 5.97 Å². The van der Waals surface area contributed by atoms with Crippen LogP contribution in [0.3, 0.4) is 0 Å². The molecule has 1 N–H and O–H groups in total. The van der Waals surface area contributed by atoms with E-state index in [-0.39, 0.29) is 6.61 Å². The fourth-order valence-electron chi connectivity index (χ4n) is 2.11. The van der Waals surface area contributed by atoms with Crippen LogP contribution in [0.2, 0.25) is 0 Å². The molecule has 0 atom stereocenters. The lowest BCUT2D eigenvalue weighted by atomic mass is 10.1. The maximum atomic E-state index is 10.3. The van der Waals surface area contributed by atoms with Gasteiger partial charge in [0.25, 0.3) is 0 Å². The van der Waals surface area contributed by atoms with Crippen molar-refractivity contribution in [2.45, 2.75) is 32.1 Å². The number of hydrogen-bond donors (Lipinski definition) is 1. The van der Waals surface area contributed by atoms with Gasteiger partial charge in [-0.3, -0.25) is 0 Å². The van der Waals surface area contributed by atoms with Gasteiger partial charge in [-0.15, -0.1) is 0 Å². The Morgan fingerprint density at radius 1 is 1.12 bits per heavy atom. The van der Waals surface area contributed by atoms with E-state index >= 15 is 0 Å². The van der Waals surface area contributed by atoms with Crippen molar-refractivity contribution in [2.75, 3.05) is 19.8 Å². The van der Waals surface area contributed by atoms with E-state index in [4.69, 9.17) is 14.6 Å². The highest BCUT2D eigenvalue weighted by Crippen LogP contribution is 2.12. The van der Waals surface area contributed by atoms with E-state index in [1.807, 2.05) is 12.1 Å². The molecule has 0 saturated carbocycles. The zero-order valence-electron chi connectivity index (χ0n) is 13.5. The van der Waals surface area contributed by atoms with Crippen LogP contribution in [0.25, 0.3) is 5.82 Å². The van der Waals surface area contributed by atoms with Crippen molar-refractivity contribution in [1.82, 2.24) is 19.7 Å². The largest absolute Gasteiger partial charge is 0.492 e. The summed E-state index contributed by atoms with van der Waals surface area (Å²) in [7, 11) is 0. The van der Waals surface area contributed by atoms with Crippen LogP contribution < -0.4 is 4.74 Å². The number of aliphatic carboxylic acids is 1. The maximum absolute atomic E-state index is 10.3. The molecule has 0 aliphatic carbocycles. The standard InChI is InChI=1S/C16H22N4O4/c21-16(22)11-23-8-4-2-1-3-5-9-24-14-6-7-15(18-10-14)20-13-17-12-19-20/h6-7,10,12-13H,1-5,8-9,11H2,(H,21,22). The van der Waals surface area contributed by atoms with Crippen molar-refractivity contribution in [2.24, 2.45) is 0 Å². The summed E-state index contributed by atoms with van der Waals surface area (Å²) in [4.78, 5) is 18.4. The fourth-order valence-corrected chi connectivity index (χ4v) is 2.11. The van der Waals surface area contributed by atoms with E-state index in [1.54, 1.807) is 17.2 Å². The van der Waals surface area contributed by atoms with E-state index in [0.717, 1.165) is 37.9 Å². The molecule has 2 aromatic heterocycles. The summed E-state index contributed by atoms with van der Waals surface area (Å²) in [6.45, 7) is 0.948. The number of aromatic nitrogens is 4. The van der Waals surface area contributed by atoms with Crippen LogP contribution in [-0.4, -0.2) is 50.6 Å². The van der Waals surface area contributed by atoms with Gasteiger partial charge in [0.15, 0.2) is 5.82 Å². The third-order valence-corrected chi connectivity index (χ3v) is 3.30. The van der Waals surface area contributed by atoms with Gasteiger partial charge in [0.1, 0.15) is 25.0 Å². The molecule has 0 aliphatic rings. The predicted octanol–water partition coefficient (Wildman–Crippen LogP) is 2.09. The topological polar surface area (TPSA) is 99.4 Å². The summed E-state index contributed by atoms with van der Waals surface area (Å²) >= 11 is 0. The number of carboxylic acids is 1. The lowest BCUT2D eigenvalue weighted by molar-refractivity contribution is -0.142. The summed E-state index contributed by atoms with van der Waals surface area (Å²) in [5.41, 5.74) is 0. The summed E-state index contributed by atoms with van der Waals surface area (Å²) < 4.78 is 12.2. The van der Waals surface area contributed by atoms with Crippen LogP contribution >= 0.6 is 0 Å². The summed E-state index contributed by atoms with van der Waals surface area (Å²) in [5.74, 6) is 0.516. The van der Waals surface area contributed by atoms with Gasteiger partial charge in [0.2, 0.25) is 0 Å². The average Bonchev–Trinajstić information content (AvgIpc) is 3.11. The molecule has 24 heavy (non-hydrogen) atoms. The molecule has 0 aliphatic heterocycles. The van der Waals surface area contributed by atoms with Crippen molar-refractivity contribution in [3.63, 3.8) is 0 Å². The number of unbranched alkanes of at least 4 members (excludes halogenated alkanes) is 4. The molecule has 0 unspecified atom stereocenters. The minimum Gasteiger partial charge on any atom is -0.492 e. The van der Waals surface area contributed by atoms with Gasteiger partial charge in [0.05, 0.1) is 12.8 Å². The van der Waals surface area contributed by atoms with Crippen LogP contribution in [0.4, 0.5) is 0 Å². The van der Waals surface area contributed by atoms with Crippen LogP contribution in [0.15, 0.2) is 31.0 Å². The fraction of sp³-hybridized carbons (Fsp3) is 0.500. The first-order chi connectivity index (χ1) is 11.8. The quantitative estimate of drug-likeness (QED) is 0.593. The van der Waals surface area contributed by atoms with Gasteiger partial charge in [-0.25, -0.2) is 19.4 Å². The molecule has 0 bridgehead atoms. The van der Waals surface area contributed by atoms with E-state index in [2.05, 4.69) is 15.1 Å². The summed E-state index contributed by atoms with van der Waals surface area (Å²) in [6, 6.07) is 3.70. The Kier molecular flexibility index (Phi) is 7.69. The zero-order chi connectivity index (χ0) is 17.0. The molecule has 0 saturated heterocycles. The highest BCUT2D eigenvalue weighted by molar-refractivity contribution is 5.67. The molecular formula is C16H22N4O4. The molecule has 130 valence electrons. The van der Waals surface area contributed by atoms with Crippen LogP contribution in [0.1, 0.15) is 32.1 Å². The maximum Gasteiger partial charge on any atom is 0.329 e. The number of ether oxygens (including phenoxy) is 2. The SMILES string of the molecule is O=C(O)COCCCCCCCOc1ccc(-n2cncn2)nc1. The average molecular weight is 334 g/mol. The Bertz CT molecular complexity index is 587. The van der Waals surface area contributed by atoms with E-state index in [9.17, 15) is 4.79 Å². The second-order valence-corrected chi connectivity index (χ2v) is 5.25. The van der Waals surface area contributed by atoms with Crippen LogP contribution in [-0.2, 0) is 9.53 Å². The first-order valence-corrected chi connectivity index (χ1v) is 7.99. The van der Waals surface area contributed by atoms with Crippen molar-refractivity contribution in [3.05, 3.63) is 31.0 Å². The number of rotatable bonds is 12. The number of hydrogen-bond acceptors (Lipinski definition) is 6. The number of carboxylic acid groups (broad SMARTS) is 1. The molecule has 0 radical (unpaired) electrons. The molecule has 0 aromatic carbocycles. The second kappa shape index (κ2) is 10.3. The first-order valence-electron chi connectivity index (χ1n) is 7.99. The van der Waals surface area contributed by atoms with Crippen molar-refractivity contribution in [1.29, 1.82) is 0 Å². The Morgan fingerprint density at radius 2 is 1.92 bits per heavy atom. The van der Waals surface area contributed by atoms with Gasteiger partial charge < -0.3 is 14.6 Å². The molecule has 8 heteroatoms. The highest BCUT2D eigenvalue weighted by atomic mass is 16.5. The summed E-state index contributed by atoms with van der Waals surface area (Å²) in [5, 5.41) is 12.4. The smallest absolute Gasteiger partial charge is 0.329 e. The molecule has 2 rings (SSSR count). The van der Waals surface area contributed by atoms with Gasteiger partial charge in [-0.2, -0.15) is 5.10 Å². The lowest BCUT2D eigenvalue weighted by Crippen LogP contribution is -2.07. The van der Waals surface area contributed by atoms with Gasteiger partial charge in [-0.05, 0) is 25.0 Å². The Morgan fingerprint density at radius 3 is 2.58 bits per heavy atom. The number of pyridine rings is 1. The minimum absolute atomic E-state index is 0.211. The zero-order valence-corrected chi connectivity index (χ0v) is 13.5. The first kappa shape index (κ1) is 17.9. The van der Waals surface area contributed by atoms with E-state index in [0.29, 0.717) is 19.0 Å². The second-order valence-electron chi connectivity index (χ2n) is 5.25. The molecule has 2 aromatic rings. The molecular weight excluding hydrogens is 312 g/mol. The third-order valence-electron chi connectivity index (χ3n) is 3.30.